The summed E-state index contributed by atoms with van der Waals surface area (Å²) in [7, 11) is 0. The van der Waals surface area contributed by atoms with Crippen molar-refractivity contribution in [2.75, 3.05) is 5.32 Å². The van der Waals surface area contributed by atoms with Crippen LogP contribution >= 0.6 is 0 Å². The largest absolute Gasteiger partial charge is 0.351 e. The number of hydrogen-bond acceptors (Lipinski definition) is 2. The quantitative estimate of drug-likeness (QED) is 0.628. The molecule has 0 spiro atoms. The predicted octanol–water partition coefficient (Wildman–Crippen LogP) is 3.63. The average Bonchev–Trinajstić information content (AvgIpc) is 2.68. The zero-order valence-corrected chi connectivity index (χ0v) is 14.8. The van der Waals surface area contributed by atoms with Crippen LogP contribution in [0.4, 0.5) is 10.5 Å². The summed E-state index contributed by atoms with van der Waals surface area (Å²) in [6, 6.07) is 26.0. The average molecular weight is 359 g/mol. The lowest BCUT2D eigenvalue weighted by Gasteiger charge is -2.18. The Kier molecular flexibility index (Phi) is 5.84. The number of carbonyl (C=O) groups excluding carboxylic acids is 2. The van der Waals surface area contributed by atoms with Crippen molar-refractivity contribution >= 4 is 17.6 Å². The van der Waals surface area contributed by atoms with E-state index in [0.29, 0.717) is 12.2 Å². The van der Waals surface area contributed by atoms with Crippen molar-refractivity contribution in [2.24, 2.45) is 5.73 Å². The molecule has 0 fully saturated rings. The number of anilines is 1. The van der Waals surface area contributed by atoms with Crippen LogP contribution in [0.25, 0.3) is 0 Å². The Morgan fingerprint density at radius 1 is 0.815 bits per heavy atom. The van der Waals surface area contributed by atoms with Crippen LogP contribution in [-0.2, 0) is 11.3 Å². The van der Waals surface area contributed by atoms with Crippen LogP contribution in [-0.4, -0.2) is 11.9 Å². The SMILES string of the molecule is NC(=O)Nc1cccc(CNC(=O)C(c2ccccc2)c2ccccc2)c1. The zero-order chi connectivity index (χ0) is 19.1. The fourth-order valence-electron chi connectivity index (χ4n) is 2.98. The first-order chi connectivity index (χ1) is 13.1. The van der Waals surface area contributed by atoms with Crippen LogP contribution in [0.2, 0.25) is 0 Å². The molecule has 0 atom stereocenters. The van der Waals surface area contributed by atoms with E-state index in [-0.39, 0.29) is 11.8 Å². The van der Waals surface area contributed by atoms with Crippen molar-refractivity contribution in [3.63, 3.8) is 0 Å². The minimum atomic E-state index is -0.621. The lowest BCUT2D eigenvalue weighted by Crippen LogP contribution is -2.29. The van der Waals surface area contributed by atoms with Gasteiger partial charge in [-0.15, -0.1) is 0 Å². The van der Waals surface area contributed by atoms with Gasteiger partial charge in [-0.05, 0) is 28.8 Å². The zero-order valence-electron chi connectivity index (χ0n) is 14.8. The number of benzene rings is 3. The van der Waals surface area contributed by atoms with Gasteiger partial charge in [-0.3, -0.25) is 4.79 Å². The van der Waals surface area contributed by atoms with Gasteiger partial charge in [0.25, 0.3) is 0 Å². The van der Waals surface area contributed by atoms with E-state index in [0.717, 1.165) is 16.7 Å². The van der Waals surface area contributed by atoms with E-state index in [1.807, 2.05) is 66.7 Å². The Morgan fingerprint density at radius 3 is 1.96 bits per heavy atom. The highest BCUT2D eigenvalue weighted by Gasteiger charge is 2.22. The lowest BCUT2D eigenvalue weighted by molar-refractivity contribution is -0.121. The van der Waals surface area contributed by atoms with Gasteiger partial charge in [-0.25, -0.2) is 4.79 Å². The van der Waals surface area contributed by atoms with Gasteiger partial charge in [0, 0.05) is 12.2 Å². The molecule has 0 saturated carbocycles. The maximum atomic E-state index is 13.0. The number of hydrogen-bond donors (Lipinski definition) is 3. The summed E-state index contributed by atoms with van der Waals surface area (Å²) in [5, 5.41) is 5.53. The number of nitrogens with one attached hydrogen (secondary N) is 2. The normalized spacial score (nSPS) is 10.4. The van der Waals surface area contributed by atoms with E-state index in [4.69, 9.17) is 5.73 Å². The van der Waals surface area contributed by atoms with Crippen LogP contribution in [0.15, 0.2) is 84.9 Å². The monoisotopic (exact) mass is 359 g/mol. The number of nitrogens with two attached hydrogens (primary N) is 1. The Balaban J connectivity index is 1.77. The molecular formula is C22H21N3O2. The second-order valence-electron chi connectivity index (χ2n) is 6.16. The molecule has 27 heavy (non-hydrogen) atoms. The molecule has 0 aromatic heterocycles. The first-order valence-corrected chi connectivity index (χ1v) is 8.66. The molecule has 4 N–H and O–H groups in total. The molecule has 5 heteroatoms. The Bertz CT molecular complexity index is 872. The number of rotatable bonds is 6. The van der Waals surface area contributed by atoms with E-state index in [9.17, 15) is 9.59 Å². The summed E-state index contributed by atoms with van der Waals surface area (Å²) in [5.41, 5.74) is 8.48. The second kappa shape index (κ2) is 8.67. The summed E-state index contributed by atoms with van der Waals surface area (Å²) in [6.45, 7) is 0.350. The molecule has 0 saturated heterocycles. The van der Waals surface area contributed by atoms with Gasteiger partial charge in [0.1, 0.15) is 0 Å². The second-order valence-corrected chi connectivity index (χ2v) is 6.16. The molecule has 0 bridgehead atoms. The van der Waals surface area contributed by atoms with E-state index >= 15 is 0 Å². The third-order valence-corrected chi connectivity index (χ3v) is 4.19. The van der Waals surface area contributed by atoms with Gasteiger partial charge in [0.15, 0.2) is 0 Å². The highest BCUT2D eigenvalue weighted by Crippen LogP contribution is 2.25. The highest BCUT2D eigenvalue weighted by atomic mass is 16.2. The highest BCUT2D eigenvalue weighted by molar-refractivity contribution is 5.88. The van der Waals surface area contributed by atoms with Gasteiger partial charge in [0.2, 0.25) is 5.91 Å². The van der Waals surface area contributed by atoms with E-state index < -0.39 is 6.03 Å². The molecule has 0 aliphatic rings. The maximum absolute atomic E-state index is 13.0. The van der Waals surface area contributed by atoms with Gasteiger partial charge in [-0.2, -0.15) is 0 Å². The van der Waals surface area contributed by atoms with E-state index in [2.05, 4.69) is 10.6 Å². The van der Waals surface area contributed by atoms with E-state index in [1.54, 1.807) is 18.2 Å². The smallest absolute Gasteiger partial charge is 0.316 e. The van der Waals surface area contributed by atoms with Crippen molar-refractivity contribution in [3.05, 3.63) is 102 Å². The summed E-state index contributed by atoms with van der Waals surface area (Å²) < 4.78 is 0. The Morgan fingerprint density at radius 2 is 1.41 bits per heavy atom. The van der Waals surface area contributed by atoms with Crippen LogP contribution in [0.1, 0.15) is 22.6 Å². The Labute approximate surface area is 158 Å². The van der Waals surface area contributed by atoms with Crippen LogP contribution in [0, 0.1) is 0 Å². The molecule has 3 amide bonds. The van der Waals surface area contributed by atoms with E-state index in [1.165, 1.54) is 0 Å². The van der Waals surface area contributed by atoms with Gasteiger partial charge in [0.05, 0.1) is 5.92 Å². The maximum Gasteiger partial charge on any atom is 0.316 e. The van der Waals surface area contributed by atoms with Crippen LogP contribution < -0.4 is 16.4 Å². The summed E-state index contributed by atoms with van der Waals surface area (Å²) in [4.78, 5) is 24.0. The van der Waals surface area contributed by atoms with Crippen LogP contribution in [0.3, 0.4) is 0 Å². The first-order valence-electron chi connectivity index (χ1n) is 8.66. The minimum absolute atomic E-state index is 0.0827. The third kappa shape index (κ3) is 4.95. The fraction of sp³-hybridized carbons (Fsp3) is 0.0909. The molecule has 0 radical (unpaired) electrons. The number of carbonyl (C=O) groups is 2. The van der Waals surface area contributed by atoms with Crippen molar-refractivity contribution in [3.8, 4) is 0 Å². The Hall–Kier alpha value is -3.60. The minimum Gasteiger partial charge on any atom is -0.351 e. The molecule has 0 aliphatic heterocycles. The summed E-state index contributed by atoms with van der Waals surface area (Å²) in [5.74, 6) is -0.472. The molecule has 0 heterocycles. The summed E-state index contributed by atoms with van der Waals surface area (Å²) in [6.07, 6.45) is 0. The standard InChI is InChI=1S/C22H21N3O2/c23-22(27)25-19-13-7-8-16(14-19)15-24-21(26)20(17-9-3-1-4-10-17)18-11-5-2-6-12-18/h1-14,20H,15H2,(H,24,26)(H3,23,25,27). The van der Waals surface area contributed by atoms with Gasteiger partial charge in [-0.1, -0.05) is 72.8 Å². The van der Waals surface area contributed by atoms with Crippen molar-refractivity contribution in [1.82, 2.24) is 5.32 Å². The molecule has 3 aromatic rings. The van der Waals surface area contributed by atoms with Crippen molar-refractivity contribution in [2.45, 2.75) is 12.5 Å². The molecule has 0 aliphatic carbocycles. The molecule has 3 rings (SSSR count). The van der Waals surface area contributed by atoms with Crippen molar-refractivity contribution in [1.29, 1.82) is 0 Å². The predicted molar refractivity (Wildman–Crippen MR) is 106 cm³/mol. The number of amides is 3. The molecule has 5 nitrogen and oxygen atoms in total. The van der Waals surface area contributed by atoms with Crippen LogP contribution in [0.5, 0.6) is 0 Å². The molecule has 0 unspecified atom stereocenters. The fourth-order valence-corrected chi connectivity index (χ4v) is 2.98. The third-order valence-electron chi connectivity index (χ3n) is 4.19. The van der Waals surface area contributed by atoms with Gasteiger partial charge < -0.3 is 16.4 Å². The molecule has 3 aromatic carbocycles. The molecular weight excluding hydrogens is 338 g/mol. The number of primary amides is 1. The van der Waals surface area contributed by atoms with Crippen molar-refractivity contribution < 1.29 is 9.59 Å². The lowest BCUT2D eigenvalue weighted by atomic mass is 9.90. The summed E-state index contributed by atoms with van der Waals surface area (Å²) >= 11 is 0. The first kappa shape index (κ1) is 18.2. The van der Waals surface area contributed by atoms with Gasteiger partial charge >= 0.3 is 6.03 Å². The number of urea groups is 1. The molecule has 136 valence electrons. The topological polar surface area (TPSA) is 84.2 Å².